The molecule has 7 heteroatoms. The van der Waals surface area contributed by atoms with Crippen molar-refractivity contribution in [2.24, 2.45) is 0 Å². The van der Waals surface area contributed by atoms with Gasteiger partial charge in [-0.05, 0) is 0 Å². The lowest BCUT2D eigenvalue weighted by Crippen LogP contribution is -2.22. The Kier molecular flexibility index (Phi) is 2.20. The van der Waals surface area contributed by atoms with Crippen LogP contribution in [0.2, 0.25) is 0 Å². The highest BCUT2D eigenvalue weighted by Crippen LogP contribution is 2.19. The molecule has 4 nitrogen and oxygen atoms in total. The van der Waals surface area contributed by atoms with E-state index in [0.29, 0.717) is 0 Å². The SMILES string of the molecule is O=c1[nH]cnn1CCC(F)(F)F. The molecule has 1 aromatic heterocycles. The van der Waals surface area contributed by atoms with E-state index in [1.807, 2.05) is 0 Å². The second-order valence-electron chi connectivity index (χ2n) is 2.18. The fourth-order valence-corrected chi connectivity index (χ4v) is 0.673. The molecule has 0 aliphatic heterocycles. The number of aryl methyl sites for hydroxylation is 1. The van der Waals surface area contributed by atoms with Crippen LogP contribution in [0.3, 0.4) is 0 Å². The van der Waals surface area contributed by atoms with Gasteiger partial charge in [0.15, 0.2) is 0 Å². The van der Waals surface area contributed by atoms with Gasteiger partial charge in [0.25, 0.3) is 0 Å². The molecule has 0 aromatic carbocycles. The van der Waals surface area contributed by atoms with Crippen LogP contribution in [0, 0.1) is 0 Å². The van der Waals surface area contributed by atoms with Crippen molar-refractivity contribution in [2.45, 2.75) is 19.1 Å². The summed E-state index contributed by atoms with van der Waals surface area (Å²) in [4.78, 5) is 12.7. The van der Waals surface area contributed by atoms with E-state index in [9.17, 15) is 18.0 Å². The maximum Gasteiger partial charge on any atom is 0.390 e. The summed E-state index contributed by atoms with van der Waals surface area (Å²) in [5.41, 5.74) is -0.626. The summed E-state index contributed by atoms with van der Waals surface area (Å²) in [6, 6.07) is 0. The van der Waals surface area contributed by atoms with E-state index in [1.165, 1.54) is 0 Å². The molecule has 0 aliphatic carbocycles. The van der Waals surface area contributed by atoms with Crippen molar-refractivity contribution >= 4 is 0 Å². The normalized spacial score (nSPS) is 11.9. The zero-order valence-corrected chi connectivity index (χ0v) is 5.93. The first-order valence-electron chi connectivity index (χ1n) is 3.16. The molecule has 68 valence electrons. The largest absolute Gasteiger partial charge is 0.390 e. The van der Waals surface area contributed by atoms with E-state index in [4.69, 9.17) is 0 Å². The Hall–Kier alpha value is -1.27. The maximum atomic E-state index is 11.6. The quantitative estimate of drug-likeness (QED) is 0.723. The standard InChI is InChI=1S/C5H6F3N3O/c6-5(7,8)1-2-11-4(12)9-3-10-11/h3H,1-2H2,(H,9,10,12). The molecule has 0 aliphatic rings. The Labute approximate surface area is 65.0 Å². The molecular formula is C5H6F3N3O. The van der Waals surface area contributed by atoms with Crippen molar-refractivity contribution in [3.05, 3.63) is 16.8 Å². The number of aromatic nitrogens is 3. The minimum absolute atomic E-state index is 0.439. The number of alkyl halides is 3. The average Bonchev–Trinajstić information content (AvgIpc) is 2.29. The van der Waals surface area contributed by atoms with Gasteiger partial charge in [-0.3, -0.25) is 4.98 Å². The number of H-pyrrole nitrogens is 1. The van der Waals surface area contributed by atoms with Gasteiger partial charge in [-0.15, -0.1) is 0 Å². The number of hydrogen-bond donors (Lipinski definition) is 1. The van der Waals surface area contributed by atoms with Crippen molar-refractivity contribution < 1.29 is 13.2 Å². The zero-order valence-electron chi connectivity index (χ0n) is 5.93. The van der Waals surface area contributed by atoms with Gasteiger partial charge in [0.05, 0.1) is 13.0 Å². The molecule has 0 radical (unpaired) electrons. The van der Waals surface area contributed by atoms with Crippen LogP contribution in [-0.2, 0) is 6.54 Å². The van der Waals surface area contributed by atoms with Crippen molar-refractivity contribution in [3.63, 3.8) is 0 Å². The molecule has 0 bridgehead atoms. The number of nitrogens with zero attached hydrogens (tertiary/aromatic N) is 2. The highest BCUT2D eigenvalue weighted by atomic mass is 19.4. The van der Waals surface area contributed by atoms with Crippen molar-refractivity contribution in [2.75, 3.05) is 0 Å². The monoisotopic (exact) mass is 181 g/mol. The summed E-state index contributed by atoms with van der Waals surface area (Å²) < 4.78 is 35.6. The first-order chi connectivity index (χ1) is 5.49. The minimum Gasteiger partial charge on any atom is -0.295 e. The van der Waals surface area contributed by atoms with Gasteiger partial charge >= 0.3 is 11.9 Å². The summed E-state index contributed by atoms with van der Waals surface area (Å²) >= 11 is 0. The Morgan fingerprint density at radius 2 is 2.25 bits per heavy atom. The molecule has 1 aromatic rings. The summed E-state index contributed by atoms with van der Waals surface area (Å²) in [6.45, 7) is -0.439. The fraction of sp³-hybridized carbons (Fsp3) is 0.600. The predicted octanol–water partition coefficient (Wildman–Crippen LogP) is 0.524. The van der Waals surface area contributed by atoms with Gasteiger partial charge in [0.1, 0.15) is 6.33 Å². The molecule has 1 rings (SSSR count). The second kappa shape index (κ2) is 3.00. The summed E-state index contributed by atoms with van der Waals surface area (Å²) in [6.07, 6.45) is -4.24. The van der Waals surface area contributed by atoms with Gasteiger partial charge in [-0.2, -0.15) is 18.3 Å². The molecule has 0 spiro atoms. The van der Waals surface area contributed by atoms with Gasteiger partial charge in [-0.25, -0.2) is 9.48 Å². The highest BCUT2D eigenvalue weighted by molar-refractivity contribution is 4.61. The lowest BCUT2D eigenvalue weighted by Gasteiger charge is -2.03. The van der Waals surface area contributed by atoms with E-state index < -0.39 is 24.8 Å². The molecule has 1 N–H and O–H groups in total. The van der Waals surface area contributed by atoms with Crippen LogP contribution in [0.5, 0.6) is 0 Å². The molecule has 0 saturated heterocycles. The summed E-state index contributed by atoms with van der Waals surface area (Å²) in [7, 11) is 0. The number of aromatic amines is 1. The van der Waals surface area contributed by atoms with Crippen LogP contribution in [0.15, 0.2) is 11.1 Å². The molecule has 12 heavy (non-hydrogen) atoms. The van der Waals surface area contributed by atoms with Gasteiger partial charge in [0.2, 0.25) is 0 Å². The van der Waals surface area contributed by atoms with Crippen molar-refractivity contribution in [3.8, 4) is 0 Å². The maximum absolute atomic E-state index is 11.6. The van der Waals surface area contributed by atoms with Crippen molar-refractivity contribution in [1.29, 1.82) is 0 Å². The van der Waals surface area contributed by atoms with E-state index >= 15 is 0 Å². The van der Waals surface area contributed by atoms with Gasteiger partial charge in [-0.1, -0.05) is 0 Å². The molecule has 0 fully saturated rings. The van der Waals surface area contributed by atoms with Crippen LogP contribution in [0.1, 0.15) is 6.42 Å². The molecule has 0 unspecified atom stereocenters. The molecule has 0 amide bonds. The molecule has 1 heterocycles. The first-order valence-corrected chi connectivity index (χ1v) is 3.16. The van der Waals surface area contributed by atoms with Crippen LogP contribution in [0.4, 0.5) is 13.2 Å². The smallest absolute Gasteiger partial charge is 0.295 e. The number of rotatable bonds is 2. The van der Waals surface area contributed by atoms with E-state index in [-0.39, 0.29) is 0 Å². The molecule has 0 saturated carbocycles. The Morgan fingerprint density at radius 1 is 1.58 bits per heavy atom. The number of halogens is 3. The fourth-order valence-electron chi connectivity index (χ4n) is 0.673. The Morgan fingerprint density at radius 3 is 2.67 bits per heavy atom. The van der Waals surface area contributed by atoms with Crippen LogP contribution >= 0.6 is 0 Å². The third kappa shape index (κ3) is 2.40. The van der Waals surface area contributed by atoms with E-state index in [0.717, 1.165) is 11.0 Å². The van der Waals surface area contributed by atoms with Crippen LogP contribution in [-0.4, -0.2) is 20.9 Å². The van der Waals surface area contributed by atoms with Crippen LogP contribution in [0.25, 0.3) is 0 Å². The third-order valence-corrected chi connectivity index (χ3v) is 1.23. The lowest BCUT2D eigenvalue weighted by atomic mass is 10.4. The second-order valence-corrected chi connectivity index (χ2v) is 2.18. The van der Waals surface area contributed by atoms with Crippen molar-refractivity contribution in [1.82, 2.24) is 14.8 Å². The third-order valence-electron chi connectivity index (χ3n) is 1.23. The van der Waals surface area contributed by atoms with E-state index in [1.54, 1.807) is 0 Å². The minimum atomic E-state index is -4.25. The summed E-state index contributed by atoms with van der Waals surface area (Å²) in [5, 5.41) is 3.37. The zero-order chi connectivity index (χ0) is 9.19. The lowest BCUT2D eigenvalue weighted by molar-refractivity contribution is -0.137. The highest BCUT2D eigenvalue weighted by Gasteiger charge is 2.27. The van der Waals surface area contributed by atoms with Gasteiger partial charge in [0, 0.05) is 0 Å². The van der Waals surface area contributed by atoms with Gasteiger partial charge < -0.3 is 0 Å². The Balaban J connectivity index is 2.55. The molecule has 0 atom stereocenters. The van der Waals surface area contributed by atoms with Crippen LogP contribution < -0.4 is 5.69 Å². The topological polar surface area (TPSA) is 50.7 Å². The van der Waals surface area contributed by atoms with E-state index in [2.05, 4.69) is 10.1 Å². The number of nitrogens with one attached hydrogen (secondary N) is 1. The Bertz CT molecular complexity index is 299. The average molecular weight is 181 g/mol. The summed E-state index contributed by atoms with van der Waals surface area (Å²) in [5.74, 6) is 0. The number of hydrogen-bond acceptors (Lipinski definition) is 2. The molecular weight excluding hydrogens is 175 g/mol. The first kappa shape index (κ1) is 8.82. The predicted molar refractivity (Wildman–Crippen MR) is 33.5 cm³/mol.